The SMILES string of the molecule is O=S(=O)(Nc1[c]cc2ccccc2c1)c1cccs1. The number of hydrogen-bond acceptors (Lipinski definition) is 3. The van der Waals surface area contributed by atoms with Gasteiger partial charge in [0.1, 0.15) is 4.21 Å². The molecule has 0 spiro atoms. The second-order valence-electron chi connectivity index (χ2n) is 4.01. The van der Waals surface area contributed by atoms with E-state index in [0.717, 1.165) is 10.8 Å². The summed E-state index contributed by atoms with van der Waals surface area (Å²) in [4.78, 5) is 0. The first kappa shape index (κ1) is 12.2. The third kappa shape index (κ3) is 2.47. The Morgan fingerprint density at radius 3 is 2.58 bits per heavy atom. The van der Waals surface area contributed by atoms with Gasteiger partial charge in [-0.25, -0.2) is 8.42 Å². The van der Waals surface area contributed by atoms with E-state index in [1.165, 1.54) is 11.3 Å². The third-order valence-electron chi connectivity index (χ3n) is 2.68. The van der Waals surface area contributed by atoms with Gasteiger partial charge in [-0.3, -0.25) is 4.72 Å². The van der Waals surface area contributed by atoms with Crippen molar-refractivity contribution in [3.63, 3.8) is 0 Å². The molecule has 1 heterocycles. The van der Waals surface area contributed by atoms with E-state index in [-0.39, 0.29) is 0 Å². The van der Waals surface area contributed by atoms with E-state index in [2.05, 4.69) is 10.8 Å². The first-order valence-corrected chi connectivity index (χ1v) is 7.98. The average Bonchev–Trinajstić information content (AvgIpc) is 2.93. The fourth-order valence-electron chi connectivity index (χ4n) is 1.80. The van der Waals surface area contributed by atoms with Crippen molar-refractivity contribution in [2.24, 2.45) is 0 Å². The van der Waals surface area contributed by atoms with Gasteiger partial charge in [-0.1, -0.05) is 30.3 Å². The van der Waals surface area contributed by atoms with E-state index in [9.17, 15) is 8.42 Å². The van der Waals surface area contributed by atoms with Crippen molar-refractivity contribution in [2.45, 2.75) is 4.21 Å². The molecular formula is C14H10NO2S2. The van der Waals surface area contributed by atoms with Crippen LogP contribution in [0, 0.1) is 6.07 Å². The molecule has 3 nitrogen and oxygen atoms in total. The fraction of sp³-hybridized carbons (Fsp3) is 0. The zero-order chi connectivity index (χ0) is 13.3. The average molecular weight is 288 g/mol. The van der Waals surface area contributed by atoms with Crippen LogP contribution < -0.4 is 4.72 Å². The van der Waals surface area contributed by atoms with E-state index >= 15 is 0 Å². The first-order valence-electron chi connectivity index (χ1n) is 5.62. The van der Waals surface area contributed by atoms with Crippen molar-refractivity contribution in [3.05, 3.63) is 60.0 Å². The van der Waals surface area contributed by atoms with Gasteiger partial charge in [0.25, 0.3) is 10.0 Å². The molecule has 0 fully saturated rings. The van der Waals surface area contributed by atoms with Crippen molar-refractivity contribution in [1.82, 2.24) is 0 Å². The summed E-state index contributed by atoms with van der Waals surface area (Å²) < 4.78 is 27.0. The minimum absolute atomic E-state index is 0.300. The largest absolute Gasteiger partial charge is 0.278 e. The molecular weight excluding hydrogens is 278 g/mol. The Labute approximate surface area is 115 Å². The molecule has 0 aliphatic carbocycles. The molecule has 0 atom stereocenters. The van der Waals surface area contributed by atoms with Crippen LogP contribution in [-0.2, 0) is 10.0 Å². The van der Waals surface area contributed by atoms with Crippen LogP contribution in [0.4, 0.5) is 5.69 Å². The minimum Gasteiger partial charge on any atom is -0.278 e. The number of rotatable bonds is 3. The number of benzene rings is 2. The van der Waals surface area contributed by atoms with Gasteiger partial charge in [0.15, 0.2) is 0 Å². The summed E-state index contributed by atoms with van der Waals surface area (Å²) >= 11 is 1.19. The summed E-state index contributed by atoms with van der Waals surface area (Å²) in [6, 6.07) is 17.5. The van der Waals surface area contributed by atoms with Gasteiger partial charge in [-0.05, 0) is 34.4 Å². The van der Waals surface area contributed by atoms with Crippen LogP contribution in [0.15, 0.2) is 58.1 Å². The molecule has 0 unspecified atom stereocenters. The lowest BCUT2D eigenvalue weighted by atomic mass is 10.1. The van der Waals surface area contributed by atoms with E-state index in [4.69, 9.17) is 0 Å². The van der Waals surface area contributed by atoms with E-state index in [1.807, 2.05) is 24.3 Å². The molecule has 2 aromatic carbocycles. The van der Waals surface area contributed by atoms with Crippen molar-refractivity contribution >= 4 is 37.8 Å². The van der Waals surface area contributed by atoms with Crippen molar-refractivity contribution in [2.75, 3.05) is 4.72 Å². The minimum atomic E-state index is -3.50. The monoisotopic (exact) mass is 288 g/mol. The summed E-state index contributed by atoms with van der Waals surface area (Å²) in [6.45, 7) is 0. The van der Waals surface area contributed by atoms with Gasteiger partial charge in [0.05, 0.1) is 5.69 Å². The Balaban J connectivity index is 1.98. The zero-order valence-corrected chi connectivity index (χ0v) is 11.5. The number of thiophene rings is 1. The van der Waals surface area contributed by atoms with Gasteiger partial charge >= 0.3 is 0 Å². The maximum absolute atomic E-state index is 12.1. The summed E-state index contributed by atoms with van der Waals surface area (Å²) in [6.07, 6.45) is 0. The van der Waals surface area contributed by atoms with Crippen LogP contribution in [0.5, 0.6) is 0 Å². The summed E-state index contributed by atoms with van der Waals surface area (Å²) in [7, 11) is -3.50. The normalized spacial score (nSPS) is 11.6. The highest BCUT2D eigenvalue weighted by molar-refractivity contribution is 7.94. The van der Waals surface area contributed by atoms with Crippen LogP contribution in [-0.4, -0.2) is 8.42 Å². The number of fused-ring (bicyclic) bond motifs is 1. The van der Waals surface area contributed by atoms with Gasteiger partial charge in [0.2, 0.25) is 0 Å². The molecule has 0 amide bonds. The molecule has 1 radical (unpaired) electrons. The van der Waals surface area contributed by atoms with Crippen molar-refractivity contribution in [3.8, 4) is 0 Å². The molecule has 95 valence electrons. The van der Waals surface area contributed by atoms with E-state index < -0.39 is 10.0 Å². The second-order valence-corrected chi connectivity index (χ2v) is 6.87. The van der Waals surface area contributed by atoms with Gasteiger partial charge in [-0.15, -0.1) is 11.3 Å². The summed E-state index contributed by atoms with van der Waals surface area (Å²) in [5.74, 6) is 0. The van der Waals surface area contributed by atoms with Gasteiger partial charge < -0.3 is 0 Å². The molecule has 0 aliphatic rings. The maximum atomic E-state index is 12.1. The molecule has 1 aromatic heterocycles. The molecule has 0 bridgehead atoms. The lowest BCUT2D eigenvalue weighted by molar-refractivity contribution is 0.603. The molecule has 0 aliphatic heterocycles. The molecule has 19 heavy (non-hydrogen) atoms. The van der Waals surface area contributed by atoms with Gasteiger partial charge in [-0.2, -0.15) is 0 Å². The van der Waals surface area contributed by atoms with Gasteiger partial charge in [0, 0.05) is 6.07 Å². The third-order valence-corrected chi connectivity index (χ3v) is 5.45. The van der Waals surface area contributed by atoms with E-state index in [0.29, 0.717) is 9.90 Å². The van der Waals surface area contributed by atoms with Crippen molar-refractivity contribution < 1.29 is 8.42 Å². The molecule has 3 aromatic rings. The maximum Gasteiger partial charge on any atom is 0.271 e. The Kier molecular flexibility index (Phi) is 3.00. The Morgan fingerprint density at radius 1 is 1.05 bits per heavy atom. The molecule has 3 rings (SSSR count). The van der Waals surface area contributed by atoms with Crippen molar-refractivity contribution in [1.29, 1.82) is 0 Å². The summed E-state index contributed by atoms with van der Waals surface area (Å²) in [5, 5.41) is 3.74. The number of sulfonamides is 1. The highest BCUT2D eigenvalue weighted by Gasteiger charge is 2.15. The van der Waals surface area contributed by atoms with E-state index in [1.54, 1.807) is 29.6 Å². The summed E-state index contributed by atoms with van der Waals surface area (Å²) in [5.41, 5.74) is 0.451. The van der Waals surface area contributed by atoms with Crippen LogP contribution >= 0.6 is 11.3 Å². The smallest absolute Gasteiger partial charge is 0.271 e. The fourth-order valence-corrected chi connectivity index (χ4v) is 3.81. The Hall–Kier alpha value is -1.85. The molecule has 1 N–H and O–H groups in total. The number of anilines is 1. The van der Waals surface area contributed by atoms with Crippen LogP contribution in [0.2, 0.25) is 0 Å². The van der Waals surface area contributed by atoms with Crippen LogP contribution in [0.3, 0.4) is 0 Å². The first-order chi connectivity index (χ1) is 9.15. The number of hydrogen-bond donors (Lipinski definition) is 1. The highest BCUT2D eigenvalue weighted by Crippen LogP contribution is 2.23. The quantitative estimate of drug-likeness (QED) is 0.801. The Morgan fingerprint density at radius 2 is 1.84 bits per heavy atom. The van der Waals surface area contributed by atoms with Crippen LogP contribution in [0.25, 0.3) is 10.8 Å². The lowest BCUT2D eigenvalue weighted by Gasteiger charge is -2.06. The zero-order valence-electron chi connectivity index (χ0n) is 9.83. The standard InChI is InChI=1S/C14H10NO2S2/c16-19(17,14-6-3-9-18-14)15-13-8-7-11-4-1-2-5-12(11)10-13/h1-7,9-10,15H. The molecule has 0 saturated heterocycles. The predicted molar refractivity (Wildman–Crippen MR) is 77.9 cm³/mol. The number of nitrogens with one attached hydrogen (secondary N) is 1. The van der Waals surface area contributed by atoms with Crippen LogP contribution in [0.1, 0.15) is 0 Å². The molecule has 5 heteroatoms. The lowest BCUT2D eigenvalue weighted by Crippen LogP contribution is -2.11. The molecule has 0 saturated carbocycles. The highest BCUT2D eigenvalue weighted by atomic mass is 32.2. The predicted octanol–water partition coefficient (Wildman–Crippen LogP) is 3.50. The Bertz CT molecular complexity index is 808. The second kappa shape index (κ2) is 4.68. The topological polar surface area (TPSA) is 46.2 Å².